The summed E-state index contributed by atoms with van der Waals surface area (Å²) in [5, 5.41) is 1.95. The van der Waals surface area contributed by atoms with Gasteiger partial charge in [0.1, 0.15) is 0 Å². The molecule has 0 radical (unpaired) electrons. The third-order valence-corrected chi connectivity index (χ3v) is 6.62. The van der Waals surface area contributed by atoms with Gasteiger partial charge < -0.3 is 9.88 Å². The van der Waals surface area contributed by atoms with Gasteiger partial charge >= 0.3 is 0 Å². The Morgan fingerprint density at radius 2 is 1.88 bits per heavy atom. The summed E-state index contributed by atoms with van der Waals surface area (Å²) in [7, 11) is 0. The monoisotopic (exact) mass is 443 g/mol. The van der Waals surface area contributed by atoms with Crippen LogP contribution >= 0.6 is 11.6 Å². The van der Waals surface area contributed by atoms with Crippen LogP contribution in [0.25, 0.3) is 10.9 Å². The molecule has 0 aliphatic carbocycles. The lowest BCUT2D eigenvalue weighted by Gasteiger charge is -2.24. The summed E-state index contributed by atoms with van der Waals surface area (Å²) in [5.74, 6) is 0.213. The Morgan fingerprint density at radius 1 is 1.06 bits per heavy atom. The van der Waals surface area contributed by atoms with E-state index in [9.17, 15) is 4.79 Å². The van der Waals surface area contributed by atoms with E-state index in [0.29, 0.717) is 6.42 Å². The van der Waals surface area contributed by atoms with Gasteiger partial charge in [-0.05, 0) is 66.6 Å². The van der Waals surface area contributed by atoms with Crippen molar-refractivity contribution in [3.8, 4) is 0 Å². The fraction of sp³-hybridized carbons (Fsp3) is 0.259. The maximum Gasteiger partial charge on any atom is 0.223 e. The van der Waals surface area contributed by atoms with E-state index in [0.717, 1.165) is 54.0 Å². The van der Waals surface area contributed by atoms with Crippen LogP contribution in [-0.2, 0) is 17.6 Å². The number of H-pyrrole nitrogens is 1. The molecule has 1 aliphatic rings. The number of hydrogen-bond donors (Lipinski definition) is 1. The molecule has 3 heterocycles. The van der Waals surface area contributed by atoms with E-state index in [1.54, 1.807) is 0 Å². The van der Waals surface area contributed by atoms with E-state index in [-0.39, 0.29) is 11.9 Å². The van der Waals surface area contributed by atoms with Crippen molar-refractivity contribution in [2.24, 2.45) is 0 Å². The lowest BCUT2D eigenvalue weighted by atomic mass is 10.0. The normalized spacial score (nSPS) is 16.0. The van der Waals surface area contributed by atoms with Gasteiger partial charge in [-0.15, -0.1) is 0 Å². The highest BCUT2D eigenvalue weighted by molar-refractivity contribution is 6.30. The predicted octanol–water partition coefficient (Wildman–Crippen LogP) is 6.10. The fourth-order valence-corrected chi connectivity index (χ4v) is 4.80. The second-order valence-electron chi connectivity index (χ2n) is 8.50. The van der Waals surface area contributed by atoms with Gasteiger partial charge in [0.25, 0.3) is 0 Å². The first-order valence-corrected chi connectivity index (χ1v) is 11.6. The maximum absolute atomic E-state index is 13.1. The number of nitrogens with zero attached hydrogens (tertiary/aromatic N) is 2. The summed E-state index contributed by atoms with van der Waals surface area (Å²) >= 11 is 5.98. The second kappa shape index (κ2) is 9.17. The number of aromatic nitrogens is 2. The molecule has 1 saturated heterocycles. The average molecular weight is 444 g/mol. The maximum atomic E-state index is 13.1. The van der Waals surface area contributed by atoms with Crippen LogP contribution in [0.3, 0.4) is 0 Å². The van der Waals surface area contributed by atoms with Gasteiger partial charge in [0, 0.05) is 41.3 Å². The molecule has 1 aliphatic heterocycles. The van der Waals surface area contributed by atoms with E-state index in [2.05, 4.69) is 29.2 Å². The smallest absolute Gasteiger partial charge is 0.223 e. The van der Waals surface area contributed by atoms with Crippen LogP contribution in [0.1, 0.15) is 47.7 Å². The molecule has 32 heavy (non-hydrogen) atoms. The topological polar surface area (TPSA) is 49.0 Å². The Morgan fingerprint density at radius 3 is 2.69 bits per heavy atom. The first kappa shape index (κ1) is 20.8. The Hall–Kier alpha value is -3.11. The first-order chi connectivity index (χ1) is 15.7. The van der Waals surface area contributed by atoms with Crippen LogP contribution in [-0.4, -0.2) is 27.3 Å². The molecule has 1 fully saturated rings. The first-order valence-electron chi connectivity index (χ1n) is 11.2. The van der Waals surface area contributed by atoms with Crippen molar-refractivity contribution in [3.05, 3.63) is 100 Å². The van der Waals surface area contributed by atoms with Crippen LogP contribution in [0.5, 0.6) is 0 Å². The van der Waals surface area contributed by atoms with Crippen molar-refractivity contribution >= 4 is 28.4 Å². The molecule has 4 nitrogen and oxygen atoms in total. The average Bonchev–Trinajstić information content (AvgIpc) is 3.47. The number of nitrogens with one attached hydrogen (secondary N) is 1. The minimum absolute atomic E-state index is 0.0788. The number of amides is 1. The van der Waals surface area contributed by atoms with Gasteiger partial charge in [-0.3, -0.25) is 9.78 Å². The molecule has 1 atom stereocenters. The van der Waals surface area contributed by atoms with Crippen LogP contribution in [0.2, 0.25) is 5.02 Å². The number of fused-ring (bicyclic) bond motifs is 1. The zero-order valence-electron chi connectivity index (χ0n) is 17.9. The summed E-state index contributed by atoms with van der Waals surface area (Å²) in [6.45, 7) is 0.811. The summed E-state index contributed by atoms with van der Waals surface area (Å²) in [5.41, 5.74) is 5.68. The van der Waals surface area contributed by atoms with E-state index >= 15 is 0 Å². The Kier molecular flexibility index (Phi) is 5.95. The molecule has 5 heteroatoms. The fourth-order valence-electron chi connectivity index (χ4n) is 4.67. The minimum Gasteiger partial charge on any atom is -0.361 e. The molecule has 1 N–H and O–H groups in total. The van der Waals surface area contributed by atoms with E-state index in [1.807, 2.05) is 53.7 Å². The predicted molar refractivity (Wildman–Crippen MR) is 129 cm³/mol. The number of para-hydroxylation sites is 1. The molecule has 162 valence electrons. The molecular formula is C27H26ClN3O. The summed E-state index contributed by atoms with van der Waals surface area (Å²) < 4.78 is 0. The van der Waals surface area contributed by atoms with Crippen LogP contribution in [0.4, 0.5) is 0 Å². The summed E-state index contributed by atoms with van der Waals surface area (Å²) in [6, 6.07) is 20.5. The lowest BCUT2D eigenvalue weighted by Crippen LogP contribution is -2.31. The van der Waals surface area contributed by atoms with Crippen molar-refractivity contribution in [2.75, 3.05) is 6.54 Å². The highest BCUT2D eigenvalue weighted by atomic mass is 35.5. The number of carbonyl (C=O) groups is 1. The van der Waals surface area contributed by atoms with Crippen LogP contribution in [0, 0.1) is 0 Å². The number of likely N-dealkylation sites (tertiary alicyclic amines) is 1. The zero-order chi connectivity index (χ0) is 21.9. The van der Waals surface area contributed by atoms with Crippen LogP contribution < -0.4 is 0 Å². The summed E-state index contributed by atoms with van der Waals surface area (Å²) in [4.78, 5) is 23.1. The molecule has 1 unspecified atom stereocenters. The lowest BCUT2D eigenvalue weighted by molar-refractivity contribution is -0.132. The second-order valence-corrected chi connectivity index (χ2v) is 8.94. The number of aromatic amines is 1. The highest BCUT2D eigenvalue weighted by Gasteiger charge is 2.30. The molecule has 2 aromatic heterocycles. The van der Waals surface area contributed by atoms with Gasteiger partial charge in [0.15, 0.2) is 0 Å². The molecule has 4 aromatic rings. The summed E-state index contributed by atoms with van der Waals surface area (Å²) in [6.07, 6.45) is 8.06. The quantitative estimate of drug-likeness (QED) is 0.391. The number of rotatable bonds is 6. The van der Waals surface area contributed by atoms with Crippen LogP contribution in [0.15, 0.2) is 73.1 Å². The zero-order valence-corrected chi connectivity index (χ0v) is 18.7. The number of hydrogen-bond acceptors (Lipinski definition) is 2. The van der Waals surface area contributed by atoms with E-state index < -0.39 is 0 Å². The number of aryl methyl sites for hydroxylation is 1. The number of carbonyl (C=O) groups excluding carboxylic acids is 1. The Bertz CT molecular complexity index is 1210. The third-order valence-electron chi connectivity index (χ3n) is 6.37. The van der Waals surface area contributed by atoms with E-state index in [1.165, 1.54) is 16.5 Å². The standard InChI is InChI=1S/C27H26ClN3O/c28-22-11-7-19(8-12-22)16-20-9-13-25(29-17-20)26-6-3-15-31(26)27(32)14-10-21-18-30-24-5-2-1-4-23(21)24/h1-2,4-5,7-9,11-13,17-18,26,30H,3,6,10,14-16H2. The molecule has 0 bridgehead atoms. The number of benzene rings is 2. The minimum atomic E-state index is 0.0788. The van der Waals surface area contributed by atoms with Gasteiger partial charge in [0.05, 0.1) is 11.7 Å². The molecule has 0 saturated carbocycles. The van der Waals surface area contributed by atoms with Crippen molar-refractivity contribution in [1.29, 1.82) is 0 Å². The molecule has 5 rings (SSSR count). The van der Waals surface area contributed by atoms with Gasteiger partial charge in [-0.2, -0.15) is 0 Å². The van der Waals surface area contributed by atoms with Gasteiger partial charge in [-0.1, -0.05) is 48.0 Å². The number of pyridine rings is 1. The molecule has 1 amide bonds. The van der Waals surface area contributed by atoms with Gasteiger partial charge in [0.2, 0.25) is 5.91 Å². The van der Waals surface area contributed by atoms with Crippen molar-refractivity contribution in [2.45, 2.75) is 38.1 Å². The van der Waals surface area contributed by atoms with Gasteiger partial charge in [-0.25, -0.2) is 0 Å². The highest BCUT2D eigenvalue weighted by Crippen LogP contribution is 2.32. The van der Waals surface area contributed by atoms with E-state index in [4.69, 9.17) is 16.6 Å². The number of halogens is 1. The Balaban J connectivity index is 1.23. The Labute approximate surface area is 193 Å². The largest absolute Gasteiger partial charge is 0.361 e. The SMILES string of the molecule is O=C(CCc1c[nH]c2ccccc12)N1CCCC1c1ccc(Cc2ccc(Cl)cc2)cn1. The van der Waals surface area contributed by atoms with Crippen molar-refractivity contribution in [1.82, 2.24) is 14.9 Å². The third kappa shape index (κ3) is 4.42. The van der Waals surface area contributed by atoms with Crippen molar-refractivity contribution < 1.29 is 4.79 Å². The molecule has 0 spiro atoms. The molecule has 2 aromatic carbocycles. The van der Waals surface area contributed by atoms with Crippen molar-refractivity contribution in [3.63, 3.8) is 0 Å². The molecular weight excluding hydrogens is 418 g/mol.